The fourth-order valence-electron chi connectivity index (χ4n) is 3.23. The van der Waals surface area contributed by atoms with E-state index in [1.807, 2.05) is 31.2 Å². The third-order valence-corrected chi connectivity index (χ3v) is 4.57. The summed E-state index contributed by atoms with van der Waals surface area (Å²) in [6.45, 7) is 3.57. The van der Waals surface area contributed by atoms with Gasteiger partial charge in [-0.2, -0.15) is 0 Å². The second-order valence-corrected chi connectivity index (χ2v) is 6.26. The summed E-state index contributed by atoms with van der Waals surface area (Å²) in [6, 6.07) is 7.95. The first-order valence-electron chi connectivity index (χ1n) is 8.13. The Kier molecular flexibility index (Phi) is 5.18. The van der Waals surface area contributed by atoms with Gasteiger partial charge in [0.2, 0.25) is 0 Å². The van der Waals surface area contributed by atoms with Gasteiger partial charge in [0, 0.05) is 37.6 Å². The third kappa shape index (κ3) is 3.45. The Hall–Kier alpha value is -1.89. The lowest BCUT2D eigenvalue weighted by atomic mass is 9.96. The van der Waals surface area contributed by atoms with Gasteiger partial charge in [-0.1, -0.05) is 12.1 Å². The fourth-order valence-corrected chi connectivity index (χ4v) is 3.23. The van der Waals surface area contributed by atoms with Gasteiger partial charge in [-0.15, -0.1) is 0 Å². The third-order valence-electron chi connectivity index (χ3n) is 4.57. The Bertz CT molecular complexity index is 712. The molecule has 2 heterocycles. The van der Waals surface area contributed by atoms with E-state index in [1.54, 1.807) is 14.2 Å². The molecule has 1 amide bonds. The Morgan fingerprint density at radius 2 is 2.12 bits per heavy atom. The minimum absolute atomic E-state index is 0.0595. The van der Waals surface area contributed by atoms with Crippen molar-refractivity contribution in [3.05, 3.63) is 35.5 Å². The number of amides is 1. The van der Waals surface area contributed by atoms with Crippen LogP contribution in [0.15, 0.2) is 24.3 Å². The molecule has 0 unspecified atom stereocenters. The van der Waals surface area contributed by atoms with E-state index in [1.165, 1.54) is 0 Å². The molecule has 1 aliphatic rings. The van der Waals surface area contributed by atoms with Crippen LogP contribution in [-0.4, -0.2) is 57.1 Å². The number of ether oxygens (including phenoxy) is 3. The smallest absolute Gasteiger partial charge is 0.267 e. The lowest BCUT2D eigenvalue weighted by molar-refractivity contribution is -0.145. The first-order chi connectivity index (χ1) is 11.6. The number of hydrogen-bond acceptors (Lipinski definition) is 4. The fraction of sp³-hybridized carbons (Fsp3) is 0.500. The maximum atomic E-state index is 12.4. The zero-order chi connectivity index (χ0) is 17.1. The number of methoxy groups -OCH3 is 2. The topological polar surface area (TPSA) is 72.6 Å². The largest absolute Gasteiger partial charge is 0.378 e. The molecule has 6 nitrogen and oxygen atoms in total. The molecule has 0 saturated carbocycles. The summed E-state index contributed by atoms with van der Waals surface area (Å²) in [4.78, 5) is 15.6. The normalized spacial score (nSPS) is 24.2. The van der Waals surface area contributed by atoms with Crippen LogP contribution in [0.3, 0.4) is 0 Å². The molecule has 0 radical (unpaired) electrons. The first-order valence-corrected chi connectivity index (χ1v) is 8.13. The molecule has 1 fully saturated rings. The number of H-pyrrole nitrogens is 1. The van der Waals surface area contributed by atoms with Gasteiger partial charge in [0.05, 0.1) is 19.3 Å². The molecule has 1 saturated heterocycles. The molecule has 2 N–H and O–H groups in total. The maximum absolute atomic E-state index is 12.4. The molecular weight excluding hydrogens is 308 g/mol. The van der Waals surface area contributed by atoms with Crippen molar-refractivity contribution in [1.29, 1.82) is 0 Å². The highest BCUT2D eigenvalue weighted by atomic mass is 16.6. The molecule has 0 spiro atoms. The predicted molar refractivity (Wildman–Crippen MR) is 91.3 cm³/mol. The van der Waals surface area contributed by atoms with Crippen molar-refractivity contribution < 1.29 is 19.0 Å². The van der Waals surface area contributed by atoms with E-state index in [9.17, 15) is 4.79 Å². The Balaban J connectivity index is 1.65. The Labute approximate surface area is 141 Å². The van der Waals surface area contributed by atoms with Gasteiger partial charge in [-0.05, 0) is 24.6 Å². The number of fused-ring (bicyclic) bond motifs is 1. The van der Waals surface area contributed by atoms with Crippen LogP contribution in [0.25, 0.3) is 10.9 Å². The zero-order valence-corrected chi connectivity index (χ0v) is 14.3. The van der Waals surface area contributed by atoms with Crippen molar-refractivity contribution in [2.75, 3.05) is 34.0 Å². The average Bonchev–Trinajstić information content (AvgIpc) is 3.02. The van der Waals surface area contributed by atoms with E-state index in [2.05, 4.69) is 10.3 Å². The molecule has 3 atom stereocenters. The summed E-state index contributed by atoms with van der Waals surface area (Å²) in [7, 11) is 3.31. The summed E-state index contributed by atoms with van der Waals surface area (Å²) in [6.07, 6.45) is -0.198. The van der Waals surface area contributed by atoms with Gasteiger partial charge in [-0.25, -0.2) is 0 Å². The van der Waals surface area contributed by atoms with E-state index in [-0.39, 0.29) is 24.0 Å². The van der Waals surface area contributed by atoms with E-state index in [4.69, 9.17) is 14.2 Å². The SMILES string of the molecule is CO[C@H]1[C@H](CNC(=O)c2cc3ccc(C)cc3[nH]2)COC[C@H]1OC. The van der Waals surface area contributed by atoms with Crippen LogP contribution in [0.1, 0.15) is 16.1 Å². The van der Waals surface area contributed by atoms with Crippen molar-refractivity contribution in [1.82, 2.24) is 10.3 Å². The number of aromatic amines is 1. The molecule has 2 aromatic rings. The minimum Gasteiger partial charge on any atom is -0.378 e. The van der Waals surface area contributed by atoms with Gasteiger partial charge in [0.1, 0.15) is 11.8 Å². The second kappa shape index (κ2) is 7.34. The van der Waals surface area contributed by atoms with Crippen LogP contribution >= 0.6 is 0 Å². The molecule has 0 bridgehead atoms. The van der Waals surface area contributed by atoms with E-state index < -0.39 is 0 Å². The number of aryl methyl sites for hydroxylation is 1. The molecule has 1 aromatic heterocycles. The Morgan fingerprint density at radius 3 is 2.88 bits per heavy atom. The van der Waals surface area contributed by atoms with E-state index in [0.717, 1.165) is 16.5 Å². The molecule has 130 valence electrons. The van der Waals surface area contributed by atoms with Gasteiger partial charge in [0.25, 0.3) is 5.91 Å². The summed E-state index contributed by atoms with van der Waals surface area (Å²) in [5.41, 5.74) is 2.68. The lowest BCUT2D eigenvalue weighted by Gasteiger charge is -2.36. The highest BCUT2D eigenvalue weighted by molar-refractivity contribution is 5.98. The number of carbonyl (C=O) groups is 1. The maximum Gasteiger partial charge on any atom is 0.267 e. The molecule has 0 aliphatic carbocycles. The number of rotatable bonds is 5. The number of carbonyl (C=O) groups excluding carboxylic acids is 1. The van der Waals surface area contributed by atoms with Gasteiger partial charge < -0.3 is 24.5 Å². The van der Waals surface area contributed by atoms with Crippen molar-refractivity contribution in [2.45, 2.75) is 19.1 Å². The van der Waals surface area contributed by atoms with Crippen molar-refractivity contribution >= 4 is 16.8 Å². The quantitative estimate of drug-likeness (QED) is 0.877. The number of hydrogen-bond donors (Lipinski definition) is 2. The zero-order valence-electron chi connectivity index (χ0n) is 14.3. The number of benzene rings is 1. The molecular formula is C18H24N2O4. The Morgan fingerprint density at radius 1 is 1.29 bits per heavy atom. The number of nitrogens with one attached hydrogen (secondary N) is 2. The second-order valence-electron chi connectivity index (χ2n) is 6.26. The minimum atomic E-state index is -0.127. The van der Waals surface area contributed by atoms with E-state index >= 15 is 0 Å². The average molecular weight is 332 g/mol. The molecule has 1 aliphatic heterocycles. The van der Waals surface area contributed by atoms with Crippen LogP contribution in [-0.2, 0) is 14.2 Å². The summed E-state index contributed by atoms with van der Waals surface area (Å²) in [5.74, 6) is -0.0671. The van der Waals surface area contributed by atoms with E-state index in [0.29, 0.717) is 25.5 Å². The van der Waals surface area contributed by atoms with Gasteiger partial charge in [0.15, 0.2) is 0 Å². The predicted octanol–water partition coefficient (Wildman–Crippen LogP) is 1.88. The van der Waals surface area contributed by atoms with Crippen molar-refractivity contribution in [3.8, 4) is 0 Å². The molecule has 24 heavy (non-hydrogen) atoms. The van der Waals surface area contributed by atoms with Gasteiger partial charge in [-0.3, -0.25) is 4.79 Å². The van der Waals surface area contributed by atoms with Crippen LogP contribution in [0.2, 0.25) is 0 Å². The monoisotopic (exact) mass is 332 g/mol. The molecule has 3 rings (SSSR count). The first kappa shape index (κ1) is 17.0. The molecule has 1 aromatic carbocycles. The lowest BCUT2D eigenvalue weighted by Crippen LogP contribution is -2.50. The van der Waals surface area contributed by atoms with Crippen LogP contribution < -0.4 is 5.32 Å². The van der Waals surface area contributed by atoms with Gasteiger partial charge >= 0.3 is 0 Å². The summed E-state index contributed by atoms with van der Waals surface area (Å²) >= 11 is 0. The highest BCUT2D eigenvalue weighted by Gasteiger charge is 2.34. The van der Waals surface area contributed by atoms with Crippen LogP contribution in [0.4, 0.5) is 0 Å². The number of aromatic nitrogens is 1. The van der Waals surface area contributed by atoms with Crippen LogP contribution in [0, 0.1) is 12.8 Å². The summed E-state index contributed by atoms with van der Waals surface area (Å²) in [5, 5.41) is 4.00. The van der Waals surface area contributed by atoms with Crippen LogP contribution in [0.5, 0.6) is 0 Å². The highest BCUT2D eigenvalue weighted by Crippen LogP contribution is 2.20. The molecule has 6 heteroatoms. The van der Waals surface area contributed by atoms with Crippen molar-refractivity contribution in [2.24, 2.45) is 5.92 Å². The van der Waals surface area contributed by atoms with Crippen molar-refractivity contribution in [3.63, 3.8) is 0 Å². The summed E-state index contributed by atoms with van der Waals surface area (Å²) < 4.78 is 16.5. The standard InChI is InChI=1S/C18H24N2O4/c1-11-4-5-12-7-15(20-14(12)6-11)18(21)19-8-13-9-24-10-16(22-2)17(13)23-3/h4-7,13,16-17,20H,8-10H2,1-3H3,(H,19,21)/t13-,16-,17+/m1/s1.